The molecule has 10 heteroatoms. The van der Waals surface area contributed by atoms with Crippen molar-refractivity contribution < 1.29 is 34.2 Å². The molecule has 0 aromatic carbocycles. The Kier molecular flexibility index (Phi) is 5.06. The van der Waals surface area contributed by atoms with Crippen LogP contribution in [0.25, 0.3) is 0 Å². The van der Waals surface area contributed by atoms with Crippen molar-refractivity contribution in [3.8, 4) is 0 Å². The number of nitrogens with one attached hydrogen (secondary N) is 2. The second-order valence-electron chi connectivity index (χ2n) is 3.73. The Morgan fingerprint density at radius 3 is 2.15 bits per heavy atom. The van der Waals surface area contributed by atoms with E-state index in [1.807, 2.05) is 10.9 Å². The number of Topliss-reactive ketones (excluding diaryl/α,β-unsaturated/α-hetero) is 1. The van der Waals surface area contributed by atoms with Crippen LogP contribution in [-0.2, 0) is 24.0 Å². The maximum Gasteiger partial charge on any atom is 0.329 e. The molecule has 0 saturated carbocycles. The number of nitrogens with zero attached hydrogens (tertiary/aromatic N) is 1. The van der Waals surface area contributed by atoms with Crippen LogP contribution in [0.2, 0.25) is 0 Å². The van der Waals surface area contributed by atoms with Crippen LogP contribution in [-0.4, -0.2) is 63.8 Å². The lowest BCUT2D eigenvalue weighted by molar-refractivity contribution is -0.148. The van der Waals surface area contributed by atoms with Gasteiger partial charge in [-0.25, -0.2) is 15.6 Å². The van der Waals surface area contributed by atoms with E-state index in [4.69, 9.17) is 10.2 Å². The first-order chi connectivity index (χ1) is 9.32. The number of aliphatic carboxylic acids is 2. The van der Waals surface area contributed by atoms with Crippen LogP contribution in [0.1, 0.15) is 0 Å². The number of carboxylic acids is 2. The standard InChI is InChI=1S/C10H11N3O7/c14-5(4-13-6(15)1-2-7(13)16)9(10(19)20)12-11-3-8(17)18/h1-2,9,11-12H,3-4H2,(H,17,18)(H,19,20). The van der Waals surface area contributed by atoms with Crippen LogP contribution in [0, 0.1) is 0 Å². The predicted octanol–water partition coefficient (Wildman–Crippen LogP) is -2.89. The van der Waals surface area contributed by atoms with Gasteiger partial charge in [-0.15, -0.1) is 0 Å². The van der Waals surface area contributed by atoms with Gasteiger partial charge in [-0.05, 0) is 0 Å². The zero-order valence-corrected chi connectivity index (χ0v) is 10.0. The molecule has 0 aromatic heterocycles. The molecule has 1 heterocycles. The topological polar surface area (TPSA) is 153 Å². The molecule has 0 bridgehead atoms. The van der Waals surface area contributed by atoms with Crippen LogP contribution >= 0.6 is 0 Å². The zero-order valence-electron chi connectivity index (χ0n) is 10.0. The molecule has 1 atom stereocenters. The molecule has 20 heavy (non-hydrogen) atoms. The number of carbonyl (C=O) groups excluding carboxylic acids is 3. The van der Waals surface area contributed by atoms with Crippen LogP contribution < -0.4 is 10.9 Å². The summed E-state index contributed by atoms with van der Waals surface area (Å²) < 4.78 is 0. The average Bonchev–Trinajstić information content (AvgIpc) is 2.65. The van der Waals surface area contributed by atoms with Gasteiger partial charge in [0, 0.05) is 12.2 Å². The van der Waals surface area contributed by atoms with Gasteiger partial charge in [-0.3, -0.25) is 24.1 Å². The number of amides is 2. The molecule has 108 valence electrons. The van der Waals surface area contributed by atoms with Gasteiger partial charge < -0.3 is 10.2 Å². The van der Waals surface area contributed by atoms with Crippen molar-refractivity contribution >= 4 is 29.5 Å². The fraction of sp³-hybridized carbons (Fsp3) is 0.300. The Balaban J connectivity index is 2.60. The molecule has 10 nitrogen and oxygen atoms in total. The van der Waals surface area contributed by atoms with Gasteiger partial charge in [-0.2, -0.15) is 0 Å². The Bertz CT molecular complexity index is 481. The van der Waals surface area contributed by atoms with Gasteiger partial charge in [0.15, 0.2) is 11.8 Å². The molecule has 0 radical (unpaired) electrons. The van der Waals surface area contributed by atoms with E-state index in [9.17, 15) is 24.0 Å². The van der Waals surface area contributed by atoms with Crippen LogP contribution in [0.4, 0.5) is 0 Å². The summed E-state index contributed by atoms with van der Waals surface area (Å²) in [4.78, 5) is 55.8. The highest BCUT2D eigenvalue weighted by Crippen LogP contribution is 2.04. The summed E-state index contributed by atoms with van der Waals surface area (Å²) >= 11 is 0. The molecule has 1 aliphatic rings. The van der Waals surface area contributed by atoms with E-state index >= 15 is 0 Å². The molecule has 0 spiro atoms. The van der Waals surface area contributed by atoms with Gasteiger partial charge in [0.2, 0.25) is 0 Å². The Labute approximate surface area is 112 Å². The molecule has 2 amide bonds. The van der Waals surface area contributed by atoms with E-state index < -0.39 is 48.7 Å². The number of ketones is 1. The Morgan fingerprint density at radius 1 is 1.15 bits per heavy atom. The predicted molar refractivity (Wildman–Crippen MR) is 61.1 cm³/mol. The van der Waals surface area contributed by atoms with E-state index in [2.05, 4.69) is 0 Å². The SMILES string of the molecule is O=C(O)CNNC(C(=O)O)C(=O)CN1C(=O)C=CC1=O. The second-order valence-corrected chi connectivity index (χ2v) is 3.73. The number of rotatable bonds is 8. The van der Waals surface area contributed by atoms with E-state index in [0.29, 0.717) is 4.90 Å². The van der Waals surface area contributed by atoms with Crippen LogP contribution in [0.15, 0.2) is 12.2 Å². The summed E-state index contributed by atoms with van der Waals surface area (Å²) in [5.74, 6) is -5.24. The van der Waals surface area contributed by atoms with Gasteiger partial charge in [0.25, 0.3) is 11.8 Å². The summed E-state index contributed by atoms with van der Waals surface area (Å²) in [7, 11) is 0. The van der Waals surface area contributed by atoms with Gasteiger partial charge in [0.05, 0.1) is 6.54 Å². The van der Waals surface area contributed by atoms with E-state index in [1.165, 1.54) is 0 Å². The summed E-state index contributed by atoms with van der Waals surface area (Å²) in [5.41, 5.74) is 4.04. The van der Waals surface area contributed by atoms with Crippen molar-refractivity contribution in [1.82, 2.24) is 15.8 Å². The quantitative estimate of drug-likeness (QED) is 0.209. The van der Waals surface area contributed by atoms with Gasteiger partial charge in [-0.1, -0.05) is 0 Å². The van der Waals surface area contributed by atoms with Gasteiger partial charge >= 0.3 is 11.9 Å². The Hall–Kier alpha value is -2.59. The minimum Gasteiger partial charge on any atom is -0.480 e. The highest BCUT2D eigenvalue weighted by Gasteiger charge is 2.32. The van der Waals surface area contributed by atoms with Crippen molar-refractivity contribution in [1.29, 1.82) is 0 Å². The summed E-state index contributed by atoms with van der Waals surface area (Å²) in [6, 6.07) is -1.78. The number of carboxylic acid groups (broad SMARTS) is 2. The molecule has 0 saturated heterocycles. The lowest BCUT2D eigenvalue weighted by Crippen LogP contribution is -2.54. The summed E-state index contributed by atoms with van der Waals surface area (Å²) in [6.45, 7) is -1.33. The molecule has 0 aromatic rings. The molecule has 1 rings (SSSR count). The number of hydrazine groups is 1. The fourth-order valence-electron chi connectivity index (χ4n) is 1.34. The normalized spacial score (nSPS) is 15.5. The largest absolute Gasteiger partial charge is 0.480 e. The number of carbonyl (C=O) groups is 5. The molecular formula is C10H11N3O7. The highest BCUT2D eigenvalue weighted by molar-refractivity contribution is 6.16. The van der Waals surface area contributed by atoms with Gasteiger partial charge in [0.1, 0.15) is 6.54 Å². The first-order valence-corrected chi connectivity index (χ1v) is 5.32. The number of hydrogen-bond donors (Lipinski definition) is 4. The van der Waals surface area contributed by atoms with Crippen LogP contribution in [0.3, 0.4) is 0 Å². The third-order valence-electron chi connectivity index (χ3n) is 2.27. The molecule has 0 fully saturated rings. The lowest BCUT2D eigenvalue weighted by atomic mass is 10.2. The fourth-order valence-corrected chi connectivity index (χ4v) is 1.34. The third-order valence-corrected chi connectivity index (χ3v) is 2.27. The third kappa shape index (κ3) is 3.96. The van der Waals surface area contributed by atoms with Crippen molar-refractivity contribution in [2.24, 2.45) is 0 Å². The highest BCUT2D eigenvalue weighted by atomic mass is 16.4. The smallest absolute Gasteiger partial charge is 0.329 e. The Morgan fingerprint density at radius 2 is 1.70 bits per heavy atom. The van der Waals surface area contributed by atoms with Crippen molar-refractivity contribution in [2.75, 3.05) is 13.1 Å². The lowest BCUT2D eigenvalue weighted by Gasteiger charge is -2.17. The average molecular weight is 285 g/mol. The summed E-state index contributed by atoms with van der Waals surface area (Å²) in [6.07, 6.45) is 1.92. The maximum absolute atomic E-state index is 11.7. The molecule has 1 aliphatic heterocycles. The number of imide groups is 1. The minimum atomic E-state index is -1.78. The van der Waals surface area contributed by atoms with Crippen molar-refractivity contribution in [3.05, 3.63) is 12.2 Å². The monoisotopic (exact) mass is 285 g/mol. The number of hydrogen-bond acceptors (Lipinski definition) is 7. The maximum atomic E-state index is 11.7. The van der Waals surface area contributed by atoms with E-state index in [-0.39, 0.29) is 0 Å². The molecular weight excluding hydrogens is 274 g/mol. The minimum absolute atomic E-state index is 0.581. The molecule has 1 unspecified atom stereocenters. The molecule has 0 aliphatic carbocycles. The second kappa shape index (κ2) is 6.54. The summed E-state index contributed by atoms with van der Waals surface area (Å²) in [5, 5.41) is 17.2. The van der Waals surface area contributed by atoms with E-state index in [1.54, 1.807) is 0 Å². The van der Waals surface area contributed by atoms with Crippen LogP contribution in [0.5, 0.6) is 0 Å². The molecule has 4 N–H and O–H groups in total. The zero-order chi connectivity index (χ0) is 15.3. The van der Waals surface area contributed by atoms with Crippen molar-refractivity contribution in [3.63, 3.8) is 0 Å². The first kappa shape index (κ1) is 15.5. The first-order valence-electron chi connectivity index (χ1n) is 5.32. The van der Waals surface area contributed by atoms with E-state index in [0.717, 1.165) is 12.2 Å². The van der Waals surface area contributed by atoms with Crippen molar-refractivity contribution in [2.45, 2.75) is 6.04 Å².